The number of esters is 1. The second-order valence-electron chi connectivity index (χ2n) is 3.46. The molecule has 1 unspecified atom stereocenters. The van der Waals surface area contributed by atoms with Gasteiger partial charge in [0.25, 0.3) is 0 Å². The third-order valence-corrected chi connectivity index (χ3v) is 2.80. The maximum Gasteiger partial charge on any atom is 0.347 e. The summed E-state index contributed by atoms with van der Waals surface area (Å²) < 4.78 is 11.3. The SMILES string of the molecule is CCOC(=O)C(CC)Oc1cc(N)ccc1Br. The van der Waals surface area contributed by atoms with Gasteiger partial charge in [-0.05, 0) is 41.4 Å². The van der Waals surface area contributed by atoms with Crippen LogP contribution in [0.4, 0.5) is 5.69 Å². The van der Waals surface area contributed by atoms with E-state index in [1.54, 1.807) is 25.1 Å². The minimum Gasteiger partial charge on any atom is -0.477 e. The molecule has 1 rings (SSSR count). The van der Waals surface area contributed by atoms with E-state index in [9.17, 15) is 4.79 Å². The Morgan fingerprint density at radius 2 is 2.18 bits per heavy atom. The minimum absolute atomic E-state index is 0.344. The van der Waals surface area contributed by atoms with Crippen LogP contribution in [0.2, 0.25) is 0 Å². The Balaban J connectivity index is 2.80. The minimum atomic E-state index is -0.604. The second-order valence-corrected chi connectivity index (χ2v) is 4.31. The predicted octanol–water partition coefficient (Wildman–Crippen LogP) is 2.75. The molecule has 0 bridgehead atoms. The number of hydrogen-bond donors (Lipinski definition) is 1. The first-order valence-corrected chi connectivity index (χ1v) is 6.26. The van der Waals surface area contributed by atoms with Crippen molar-refractivity contribution in [1.82, 2.24) is 0 Å². The summed E-state index contributed by atoms with van der Waals surface area (Å²) in [5, 5.41) is 0. The summed E-state index contributed by atoms with van der Waals surface area (Å²) in [4.78, 5) is 11.6. The van der Waals surface area contributed by atoms with Crippen molar-refractivity contribution < 1.29 is 14.3 Å². The third kappa shape index (κ3) is 3.93. The molecule has 1 atom stereocenters. The van der Waals surface area contributed by atoms with E-state index in [4.69, 9.17) is 15.2 Å². The lowest BCUT2D eigenvalue weighted by molar-refractivity contribution is -0.151. The van der Waals surface area contributed by atoms with Gasteiger partial charge in [0, 0.05) is 11.8 Å². The summed E-state index contributed by atoms with van der Waals surface area (Å²) in [6.07, 6.45) is -0.0619. The van der Waals surface area contributed by atoms with Crippen LogP contribution in [-0.4, -0.2) is 18.7 Å². The Labute approximate surface area is 109 Å². The number of hydrogen-bond acceptors (Lipinski definition) is 4. The fraction of sp³-hybridized carbons (Fsp3) is 0.417. The van der Waals surface area contributed by atoms with E-state index in [2.05, 4.69) is 15.9 Å². The summed E-state index contributed by atoms with van der Waals surface area (Å²) in [5.74, 6) is 0.189. The zero-order valence-electron chi connectivity index (χ0n) is 9.90. The average molecular weight is 302 g/mol. The van der Waals surface area contributed by atoms with Crippen LogP contribution in [-0.2, 0) is 9.53 Å². The number of nitrogens with two attached hydrogens (primary N) is 1. The van der Waals surface area contributed by atoms with Gasteiger partial charge in [0.2, 0.25) is 0 Å². The van der Waals surface area contributed by atoms with E-state index in [0.29, 0.717) is 24.5 Å². The van der Waals surface area contributed by atoms with Crippen LogP contribution in [0.15, 0.2) is 22.7 Å². The van der Waals surface area contributed by atoms with Gasteiger partial charge in [-0.25, -0.2) is 4.79 Å². The predicted molar refractivity (Wildman–Crippen MR) is 69.9 cm³/mol. The van der Waals surface area contributed by atoms with Gasteiger partial charge < -0.3 is 15.2 Å². The summed E-state index contributed by atoms with van der Waals surface area (Å²) in [7, 11) is 0. The Morgan fingerprint density at radius 3 is 2.76 bits per heavy atom. The van der Waals surface area contributed by atoms with Gasteiger partial charge in [-0.2, -0.15) is 0 Å². The summed E-state index contributed by atoms with van der Waals surface area (Å²) in [6.45, 7) is 3.97. The first-order chi connectivity index (χ1) is 8.08. The van der Waals surface area contributed by atoms with Crippen LogP contribution in [0.1, 0.15) is 20.3 Å². The molecule has 1 aromatic rings. The fourth-order valence-electron chi connectivity index (χ4n) is 1.30. The van der Waals surface area contributed by atoms with E-state index >= 15 is 0 Å². The molecule has 2 N–H and O–H groups in total. The first kappa shape index (κ1) is 13.8. The molecule has 1 aromatic carbocycles. The molecule has 0 fully saturated rings. The molecule has 0 heterocycles. The molecule has 17 heavy (non-hydrogen) atoms. The summed E-state index contributed by atoms with van der Waals surface area (Å²) >= 11 is 3.34. The van der Waals surface area contributed by atoms with Gasteiger partial charge in [-0.15, -0.1) is 0 Å². The van der Waals surface area contributed by atoms with Crippen LogP contribution in [0.3, 0.4) is 0 Å². The molecule has 4 nitrogen and oxygen atoms in total. The molecule has 94 valence electrons. The zero-order valence-corrected chi connectivity index (χ0v) is 11.5. The van der Waals surface area contributed by atoms with Crippen molar-refractivity contribution in [3.05, 3.63) is 22.7 Å². The second kappa shape index (κ2) is 6.49. The Bertz CT molecular complexity index is 395. The number of carbonyl (C=O) groups excluding carboxylic acids is 1. The van der Waals surface area contributed by atoms with Crippen LogP contribution < -0.4 is 10.5 Å². The third-order valence-electron chi connectivity index (χ3n) is 2.14. The molecule has 0 saturated heterocycles. The Hall–Kier alpha value is -1.23. The van der Waals surface area contributed by atoms with Crippen molar-refractivity contribution >= 4 is 27.6 Å². The number of carbonyl (C=O) groups is 1. The van der Waals surface area contributed by atoms with Gasteiger partial charge in [0.15, 0.2) is 6.10 Å². The lowest BCUT2D eigenvalue weighted by Gasteiger charge is -2.17. The largest absolute Gasteiger partial charge is 0.477 e. The number of rotatable bonds is 5. The molecule has 0 spiro atoms. The van der Waals surface area contributed by atoms with Gasteiger partial charge in [-0.1, -0.05) is 6.92 Å². The maximum atomic E-state index is 11.6. The number of ether oxygens (including phenoxy) is 2. The fourth-order valence-corrected chi connectivity index (χ4v) is 1.64. The first-order valence-electron chi connectivity index (χ1n) is 5.46. The molecule has 0 aliphatic rings. The molecule has 0 saturated carbocycles. The van der Waals surface area contributed by atoms with Crippen LogP contribution in [0, 0.1) is 0 Å². The molecular weight excluding hydrogens is 286 g/mol. The molecule has 5 heteroatoms. The van der Waals surface area contributed by atoms with Crippen molar-refractivity contribution in [2.75, 3.05) is 12.3 Å². The topological polar surface area (TPSA) is 61.5 Å². The van der Waals surface area contributed by atoms with Crippen molar-refractivity contribution in [3.63, 3.8) is 0 Å². The molecule has 0 aliphatic carbocycles. The summed E-state index contributed by atoms with van der Waals surface area (Å²) in [5.41, 5.74) is 6.25. The highest BCUT2D eigenvalue weighted by atomic mass is 79.9. The van der Waals surface area contributed by atoms with Crippen molar-refractivity contribution in [2.24, 2.45) is 0 Å². The smallest absolute Gasteiger partial charge is 0.347 e. The van der Waals surface area contributed by atoms with Gasteiger partial charge in [-0.3, -0.25) is 0 Å². The van der Waals surface area contributed by atoms with Crippen molar-refractivity contribution in [3.8, 4) is 5.75 Å². The standard InChI is InChI=1S/C12H16BrNO3/c1-3-10(12(15)16-4-2)17-11-7-8(14)5-6-9(11)13/h5-7,10H,3-4,14H2,1-2H3. The molecular formula is C12H16BrNO3. The van der Waals surface area contributed by atoms with Gasteiger partial charge in [0.1, 0.15) is 5.75 Å². The van der Waals surface area contributed by atoms with Crippen LogP contribution >= 0.6 is 15.9 Å². The normalized spacial score (nSPS) is 11.9. The lowest BCUT2D eigenvalue weighted by Crippen LogP contribution is -2.28. The molecule has 0 amide bonds. The highest BCUT2D eigenvalue weighted by molar-refractivity contribution is 9.10. The summed E-state index contributed by atoms with van der Waals surface area (Å²) in [6, 6.07) is 5.21. The number of nitrogen functional groups attached to an aromatic ring is 1. The van der Waals surface area contributed by atoms with Crippen LogP contribution in [0.5, 0.6) is 5.75 Å². The molecule has 0 aromatic heterocycles. The van der Waals surface area contributed by atoms with Crippen molar-refractivity contribution in [1.29, 1.82) is 0 Å². The van der Waals surface area contributed by atoms with Gasteiger partial charge >= 0.3 is 5.97 Å². The Kier molecular flexibility index (Phi) is 5.28. The highest BCUT2D eigenvalue weighted by Crippen LogP contribution is 2.28. The number of benzene rings is 1. The quantitative estimate of drug-likeness (QED) is 0.671. The van der Waals surface area contributed by atoms with Gasteiger partial charge in [0.05, 0.1) is 11.1 Å². The van der Waals surface area contributed by atoms with E-state index < -0.39 is 6.10 Å². The Morgan fingerprint density at radius 1 is 1.47 bits per heavy atom. The monoisotopic (exact) mass is 301 g/mol. The average Bonchev–Trinajstić information content (AvgIpc) is 2.30. The lowest BCUT2D eigenvalue weighted by atomic mass is 10.2. The van der Waals surface area contributed by atoms with E-state index in [1.807, 2.05) is 6.92 Å². The highest BCUT2D eigenvalue weighted by Gasteiger charge is 2.20. The zero-order chi connectivity index (χ0) is 12.8. The van der Waals surface area contributed by atoms with Crippen molar-refractivity contribution in [2.45, 2.75) is 26.4 Å². The van der Waals surface area contributed by atoms with E-state index in [0.717, 1.165) is 4.47 Å². The van der Waals surface area contributed by atoms with E-state index in [1.165, 1.54) is 0 Å². The van der Waals surface area contributed by atoms with Crippen LogP contribution in [0.25, 0.3) is 0 Å². The molecule has 0 aliphatic heterocycles. The molecule has 0 radical (unpaired) electrons. The maximum absolute atomic E-state index is 11.6. The number of halogens is 1. The number of anilines is 1. The van der Waals surface area contributed by atoms with E-state index in [-0.39, 0.29) is 5.97 Å².